The van der Waals surface area contributed by atoms with Crippen molar-refractivity contribution >= 4 is 15.9 Å². The highest BCUT2D eigenvalue weighted by Crippen LogP contribution is 2.14. The van der Waals surface area contributed by atoms with Crippen LogP contribution in [0.4, 0.5) is 0 Å². The molecular weight excluding hydrogens is 324 g/mol. The van der Waals surface area contributed by atoms with Gasteiger partial charge in [0.1, 0.15) is 0 Å². The van der Waals surface area contributed by atoms with Gasteiger partial charge in [0.25, 0.3) is 0 Å². The summed E-state index contributed by atoms with van der Waals surface area (Å²) in [5.41, 5.74) is 2.80. The van der Waals surface area contributed by atoms with E-state index in [2.05, 4.69) is 80.7 Å². The van der Waals surface area contributed by atoms with Crippen molar-refractivity contribution in [3.05, 3.63) is 70.2 Å². The van der Waals surface area contributed by atoms with Crippen molar-refractivity contribution in [3.8, 4) is 0 Å². The summed E-state index contributed by atoms with van der Waals surface area (Å²) in [6.07, 6.45) is 1.11. The topological polar surface area (TPSA) is 15.3 Å². The molecule has 1 heterocycles. The average molecular weight is 345 g/mol. The first kappa shape index (κ1) is 14.8. The van der Waals surface area contributed by atoms with E-state index in [1.54, 1.807) is 0 Å². The largest absolute Gasteiger partial charge is 0.311 e. The maximum atomic E-state index is 3.64. The summed E-state index contributed by atoms with van der Waals surface area (Å²) in [6.45, 7) is 4.36. The van der Waals surface area contributed by atoms with Crippen molar-refractivity contribution in [1.82, 2.24) is 10.2 Å². The van der Waals surface area contributed by atoms with Crippen LogP contribution in [0.3, 0.4) is 0 Å². The molecule has 0 amide bonds. The third-order valence-electron chi connectivity index (χ3n) is 3.98. The summed E-state index contributed by atoms with van der Waals surface area (Å²) in [4.78, 5) is 2.55. The van der Waals surface area contributed by atoms with E-state index in [0.717, 1.165) is 37.1 Å². The molecule has 1 aliphatic rings. The van der Waals surface area contributed by atoms with Crippen LogP contribution in [0.15, 0.2) is 59.1 Å². The van der Waals surface area contributed by atoms with Crippen molar-refractivity contribution < 1.29 is 0 Å². The first-order valence-electron chi connectivity index (χ1n) is 7.54. The molecule has 1 unspecified atom stereocenters. The smallest absolute Gasteiger partial charge is 0.0236 e. The molecule has 1 aliphatic heterocycles. The van der Waals surface area contributed by atoms with Gasteiger partial charge >= 0.3 is 0 Å². The Kier molecular flexibility index (Phi) is 5.07. The van der Waals surface area contributed by atoms with E-state index < -0.39 is 0 Å². The Morgan fingerprint density at radius 3 is 2.52 bits per heavy atom. The number of halogens is 1. The fraction of sp³-hybridized carbons (Fsp3) is 0.333. The summed E-state index contributed by atoms with van der Waals surface area (Å²) in [6, 6.07) is 20.0. The van der Waals surface area contributed by atoms with E-state index >= 15 is 0 Å². The lowest BCUT2D eigenvalue weighted by Gasteiger charge is -2.34. The van der Waals surface area contributed by atoms with Crippen LogP contribution >= 0.6 is 15.9 Å². The molecule has 2 aromatic rings. The van der Waals surface area contributed by atoms with E-state index in [4.69, 9.17) is 0 Å². The number of hydrogen-bond donors (Lipinski definition) is 1. The predicted molar refractivity (Wildman–Crippen MR) is 91.4 cm³/mol. The van der Waals surface area contributed by atoms with Crippen molar-refractivity contribution in [2.45, 2.75) is 19.0 Å². The number of nitrogens with one attached hydrogen (secondary N) is 1. The second kappa shape index (κ2) is 7.21. The quantitative estimate of drug-likeness (QED) is 0.913. The van der Waals surface area contributed by atoms with Crippen molar-refractivity contribution in [3.63, 3.8) is 0 Å². The lowest BCUT2D eigenvalue weighted by Crippen LogP contribution is -2.51. The number of piperazine rings is 1. The first-order valence-corrected chi connectivity index (χ1v) is 8.33. The minimum absolute atomic E-state index is 0.552. The second-order valence-electron chi connectivity index (χ2n) is 5.70. The molecule has 2 aromatic carbocycles. The van der Waals surface area contributed by atoms with Gasteiger partial charge in [-0.3, -0.25) is 4.90 Å². The van der Waals surface area contributed by atoms with Gasteiger partial charge in [0.2, 0.25) is 0 Å². The second-order valence-corrected chi connectivity index (χ2v) is 6.62. The minimum atomic E-state index is 0.552. The third kappa shape index (κ3) is 4.40. The summed E-state index contributed by atoms with van der Waals surface area (Å²) in [7, 11) is 0. The lowest BCUT2D eigenvalue weighted by molar-refractivity contribution is 0.192. The highest BCUT2D eigenvalue weighted by molar-refractivity contribution is 9.10. The lowest BCUT2D eigenvalue weighted by atomic mass is 10.0. The molecule has 0 aromatic heterocycles. The molecule has 2 nitrogen and oxygen atoms in total. The van der Waals surface area contributed by atoms with Gasteiger partial charge in [0.15, 0.2) is 0 Å². The first-order chi connectivity index (χ1) is 10.3. The van der Waals surface area contributed by atoms with Gasteiger partial charge in [-0.05, 0) is 29.7 Å². The van der Waals surface area contributed by atoms with Crippen LogP contribution in [-0.4, -0.2) is 30.6 Å². The highest BCUT2D eigenvalue weighted by atomic mass is 79.9. The van der Waals surface area contributed by atoms with Gasteiger partial charge in [-0.25, -0.2) is 0 Å². The number of rotatable bonds is 4. The fourth-order valence-electron chi connectivity index (χ4n) is 2.92. The van der Waals surface area contributed by atoms with Gasteiger partial charge in [0, 0.05) is 36.7 Å². The standard InChI is InChI=1S/C18H21BrN2/c19-17-8-6-16(7-9-17)13-21-11-10-20-18(14-21)12-15-4-2-1-3-5-15/h1-9,18,20H,10-14H2. The normalized spacial score (nSPS) is 19.6. The van der Waals surface area contributed by atoms with Crippen molar-refractivity contribution in [2.24, 2.45) is 0 Å². The van der Waals surface area contributed by atoms with Gasteiger partial charge in [-0.2, -0.15) is 0 Å². The summed E-state index contributed by atoms with van der Waals surface area (Å²) < 4.78 is 1.15. The van der Waals surface area contributed by atoms with E-state index in [1.165, 1.54) is 11.1 Å². The Morgan fingerprint density at radius 2 is 1.76 bits per heavy atom. The van der Waals surface area contributed by atoms with Gasteiger partial charge in [-0.15, -0.1) is 0 Å². The highest BCUT2D eigenvalue weighted by Gasteiger charge is 2.19. The fourth-order valence-corrected chi connectivity index (χ4v) is 3.19. The van der Waals surface area contributed by atoms with Crippen LogP contribution < -0.4 is 5.32 Å². The molecule has 1 N–H and O–H groups in total. The van der Waals surface area contributed by atoms with Gasteiger partial charge in [-0.1, -0.05) is 58.4 Å². The van der Waals surface area contributed by atoms with E-state index in [1.807, 2.05) is 0 Å². The van der Waals surface area contributed by atoms with E-state index in [-0.39, 0.29) is 0 Å². The maximum Gasteiger partial charge on any atom is 0.0236 e. The molecule has 0 saturated carbocycles. The Hall–Kier alpha value is -1.16. The molecule has 21 heavy (non-hydrogen) atoms. The molecule has 0 bridgehead atoms. The minimum Gasteiger partial charge on any atom is -0.311 e. The zero-order valence-corrected chi connectivity index (χ0v) is 13.7. The molecule has 0 radical (unpaired) electrons. The predicted octanol–water partition coefficient (Wildman–Crippen LogP) is 3.47. The van der Waals surface area contributed by atoms with Crippen LogP contribution in [0, 0.1) is 0 Å². The van der Waals surface area contributed by atoms with Crippen LogP contribution in [0.1, 0.15) is 11.1 Å². The molecule has 1 atom stereocenters. The summed E-state index contributed by atoms with van der Waals surface area (Å²) in [5.74, 6) is 0. The molecule has 1 fully saturated rings. The van der Waals surface area contributed by atoms with E-state index in [9.17, 15) is 0 Å². The average Bonchev–Trinajstić information content (AvgIpc) is 2.51. The summed E-state index contributed by atoms with van der Waals surface area (Å²) >= 11 is 3.49. The number of benzene rings is 2. The van der Waals surface area contributed by atoms with Crippen LogP contribution in [0.2, 0.25) is 0 Å². The Morgan fingerprint density at radius 1 is 1.00 bits per heavy atom. The Balaban J connectivity index is 1.57. The molecular formula is C18H21BrN2. The zero-order chi connectivity index (χ0) is 14.5. The van der Waals surface area contributed by atoms with Crippen LogP contribution in [0.25, 0.3) is 0 Å². The van der Waals surface area contributed by atoms with Gasteiger partial charge < -0.3 is 5.32 Å². The number of hydrogen-bond acceptors (Lipinski definition) is 2. The van der Waals surface area contributed by atoms with Crippen LogP contribution in [-0.2, 0) is 13.0 Å². The summed E-state index contributed by atoms with van der Waals surface area (Å²) in [5, 5.41) is 3.64. The number of nitrogens with zero attached hydrogens (tertiary/aromatic N) is 1. The van der Waals surface area contributed by atoms with Crippen molar-refractivity contribution in [1.29, 1.82) is 0 Å². The Labute approximate surface area is 135 Å². The zero-order valence-electron chi connectivity index (χ0n) is 12.1. The molecule has 0 aliphatic carbocycles. The molecule has 3 heteroatoms. The maximum absolute atomic E-state index is 3.64. The SMILES string of the molecule is Brc1ccc(CN2CCNC(Cc3ccccc3)C2)cc1. The molecule has 1 saturated heterocycles. The molecule has 110 valence electrons. The van der Waals surface area contributed by atoms with Gasteiger partial charge in [0.05, 0.1) is 0 Å². The molecule has 0 spiro atoms. The van der Waals surface area contributed by atoms with Crippen molar-refractivity contribution in [2.75, 3.05) is 19.6 Å². The third-order valence-corrected chi connectivity index (χ3v) is 4.51. The molecule has 3 rings (SSSR count). The van der Waals surface area contributed by atoms with Crippen LogP contribution in [0.5, 0.6) is 0 Å². The monoisotopic (exact) mass is 344 g/mol. The Bertz CT molecular complexity index is 553. The van der Waals surface area contributed by atoms with E-state index in [0.29, 0.717) is 6.04 Å².